The summed E-state index contributed by atoms with van der Waals surface area (Å²) >= 11 is 0. The van der Waals surface area contributed by atoms with Crippen molar-refractivity contribution in [2.75, 3.05) is 20.1 Å². The lowest BCUT2D eigenvalue weighted by molar-refractivity contribution is -0.131. The van der Waals surface area contributed by atoms with Crippen LogP contribution in [0.2, 0.25) is 0 Å². The summed E-state index contributed by atoms with van der Waals surface area (Å²) < 4.78 is 13.5. The topological polar surface area (TPSA) is 61.4 Å². The van der Waals surface area contributed by atoms with Gasteiger partial charge >= 0.3 is 0 Å². The van der Waals surface area contributed by atoms with Crippen LogP contribution in [0, 0.1) is 0 Å². The van der Waals surface area contributed by atoms with Gasteiger partial charge in [0, 0.05) is 12.0 Å². The first-order chi connectivity index (χ1) is 11.6. The summed E-state index contributed by atoms with van der Waals surface area (Å²) in [4.78, 5) is 26.1. The zero-order valence-corrected chi connectivity index (χ0v) is 13.5. The molecule has 1 unspecified atom stereocenters. The summed E-state index contributed by atoms with van der Waals surface area (Å²) in [6.07, 6.45) is -1.07. The second-order valence-electron chi connectivity index (χ2n) is 5.89. The van der Waals surface area contributed by atoms with E-state index in [1.54, 1.807) is 13.1 Å². The van der Waals surface area contributed by atoms with Crippen molar-refractivity contribution < 1.29 is 14.0 Å². The van der Waals surface area contributed by atoms with Gasteiger partial charge in [-0.3, -0.25) is 9.59 Å². The van der Waals surface area contributed by atoms with E-state index in [9.17, 15) is 14.0 Å². The molecule has 2 amide bonds. The first kappa shape index (κ1) is 16.4. The number of hydrogen-bond donors (Lipinski definition) is 2. The summed E-state index contributed by atoms with van der Waals surface area (Å²) in [6.45, 7) is -0.0819. The number of nitrogens with one attached hydrogen (secondary N) is 2. The molecule has 0 radical (unpaired) electrons. The highest BCUT2D eigenvalue weighted by Gasteiger charge is 2.34. The Balaban J connectivity index is 1.68. The highest BCUT2D eigenvalue weighted by molar-refractivity contribution is 6.07. The molecule has 1 fully saturated rings. The van der Waals surface area contributed by atoms with Crippen LogP contribution in [-0.2, 0) is 4.79 Å². The number of rotatable bonds is 4. The Morgan fingerprint density at radius 3 is 2.75 bits per heavy atom. The Labute approximate surface area is 139 Å². The van der Waals surface area contributed by atoms with Gasteiger partial charge in [0.05, 0.1) is 19.3 Å². The van der Waals surface area contributed by atoms with Gasteiger partial charge in [0.1, 0.15) is 6.17 Å². The molecule has 0 bridgehead atoms. The maximum absolute atomic E-state index is 13.5. The van der Waals surface area contributed by atoms with Crippen LogP contribution in [0.3, 0.4) is 0 Å². The number of fused-ring (bicyclic) bond motifs is 1. The molecule has 0 spiro atoms. The molecule has 5 nitrogen and oxygen atoms in total. The van der Waals surface area contributed by atoms with E-state index in [2.05, 4.69) is 10.6 Å². The molecule has 1 aliphatic rings. The minimum absolute atomic E-state index is 0.0640. The highest BCUT2D eigenvalue weighted by Crippen LogP contribution is 2.19. The summed E-state index contributed by atoms with van der Waals surface area (Å²) in [6, 6.07) is 13.0. The molecule has 0 saturated carbocycles. The quantitative estimate of drug-likeness (QED) is 0.897. The molecule has 1 saturated heterocycles. The van der Waals surface area contributed by atoms with Crippen molar-refractivity contribution in [3.05, 3.63) is 48.0 Å². The third-order valence-electron chi connectivity index (χ3n) is 4.34. The monoisotopic (exact) mass is 329 g/mol. The van der Waals surface area contributed by atoms with Gasteiger partial charge < -0.3 is 15.5 Å². The number of amides is 2. The van der Waals surface area contributed by atoms with Gasteiger partial charge in [-0.05, 0) is 23.9 Å². The number of carbonyl (C=O) groups excluding carboxylic acids is 2. The maximum Gasteiger partial charge on any atom is 0.252 e. The molecule has 24 heavy (non-hydrogen) atoms. The molecule has 126 valence electrons. The molecule has 2 aromatic carbocycles. The highest BCUT2D eigenvalue weighted by atomic mass is 19.1. The van der Waals surface area contributed by atoms with Crippen LogP contribution >= 0.6 is 0 Å². The zero-order chi connectivity index (χ0) is 17.1. The van der Waals surface area contributed by atoms with E-state index in [1.165, 1.54) is 4.90 Å². The Hall–Kier alpha value is -2.47. The van der Waals surface area contributed by atoms with E-state index < -0.39 is 6.17 Å². The summed E-state index contributed by atoms with van der Waals surface area (Å²) in [7, 11) is 1.69. The van der Waals surface area contributed by atoms with Gasteiger partial charge in [0.25, 0.3) is 5.91 Å². The van der Waals surface area contributed by atoms with E-state index in [0.29, 0.717) is 5.56 Å². The van der Waals surface area contributed by atoms with E-state index in [1.807, 2.05) is 36.4 Å². The molecular weight excluding hydrogens is 309 g/mol. The molecule has 2 atom stereocenters. The van der Waals surface area contributed by atoms with Crippen LogP contribution in [0.15, 0.2) is 42.5 Å². The van der Waals surface area contributed by atoms with Gasteiger partial charge in [-0.15, -0.1) is 0 Å². The third kappa shape index (κ3) is 3.23. The Kier molecular flexibility index (Phi) is 4.76. The molecule has 0 aromatic heterocycles. The van der Waals surface area contributed by atoms with Gasteiger partial charge in [-0.1, -0.05) is 36.4 Å². The molecule has 6 heteroatoms. The van der Waals surface area contributed by atoms with Crippen molar-refractivity contribution in [1.82, 2.24) is 15.5 Å². The van der Waals surface area contributed by atoms with Crippen molar-refractivity contribution in [1.29, 1.82) is 0 Å². The summed E-state index contributed by atoms with van der Waals surface area (Å²) in [5.74, 6) is -0.597. The van der Waals surface area contributed by atoms with Crippen LogP contribution in [-0.4, -0.2) is 49.2 Å². The molecule has 2 N–H and O–H groups in total. The van der Waals surface area contributed by atoms with Crippen molar-refractivity contribution >= 4 is 22.6 Å². The fraction of sp³-hybridized carbons (Fsp3) is 0.333. The summed E-state index contributed by atoms with van der Waals surface area (Å²) in [5.41, 5.74) is 0.524. The number of alkyl halides is 1. The van der Waals surface area contributed by atoms with Crippen molar-refractivity contribution in [2.45, 2.75) is 18.8 Å². The van der Waals surface area contributed by atoms with Crippen molar-refractivity contribution in [3.8, 4) is 0 Å². The van der Waals surface area contributed by atoms with E-state index >= 15 is 0 Å². The lowest BCUT2D eigenvalue weighted by atomic mass is 10.0. The number of nitrogens with zero attached hydrogens (tertiary/aromatic N) is 1. The van der Waals surface area contributed by atoms with Gasteiger partial charge in [0.15, 0.2) is 0 Å². The fourth-order valence-electron chi connectivity index (χ4n) is 3.11. The average Bonchev–Trinajstić information content (AvgIpc) is 3.00. The zero-order valence-electron chi connectivity index (χ0n) is 13.5. The second-order valence-corrected chi connectivity index (χ2v) is 5.89. The Morgan fingerprint density at radius 2 is 1.96 bits per heavy atom. The van der Waals surface area contributed by atoms with Crippen molar-refractivity contribution in [2.24, 2.45) is 0 Å². The molecular formula is C18H20FN3O2. The van der Waals surface area contributed by atoms with Crippen molar-refractivity contribution in [3.63, 3.8) is 0 Å². The minimum Gasteiger partial charge on any atom is -0.343 e. The minimum atomic E-state index is -1.03. The Bertz CT molecular complexity index is 760. The van der Waals surface area contributed by atoms with E-state index in [0.717, 1.165) is 10.8 Å². The Morgan fingerprint density at radius 1 is 1.21 bits per heavy atom. The van der Waals surface area contributed by atoms with Crippen LogP contribution in [0.5, 0.6) is 0 Å². The molecule has 1 heterocycles. The van der Waals surface area contributed by atoms with E-state index in [-0.39, 0.29) is 37.5 Å². The summed E-state index contributed by atoms with van der Waals surface area (Å²) in [5, 5.41) is 7.37. The predicted molar refractivity (Wildman–Crippen MR) is 90.4 cm³/mol. The van der Waals surface area contributed by atoms with Crippen LogP contribution in [0.1, 0.15) is 16.8 Å². The number of carbonyl (C=O) groups is 2. The predicted octanol–water partition coefficient (Wildman–Crippen LogP) is 1.69. The van der Waals surface area contributed by atoms with Gasteiger partial charge in [0.2, 0.25) is 5.91 Å². The third-order valence-corrected chi connectivity index (χ3v) is 4.34. The second kappa shape index (κ2) is 6.97. The number of hydrogen-bond acceptors (Lipinski definition) is 3. The van der Waals surface area contributed by atoms with Gasteiger partial charge in [-0.25, -0.2) is 4.39 Å². The molecule has 2 aromatic rings. The van der Waals surface area contributed by atoms with Crippen LogP contribution in [0.4, 0.5) is 4.39 Å². The SMILES string of the molecule is CN[C@@H]1CC(F)CN1C(=O)CNC(=O)c1cccc2ccccc12. The normalized spacial score (nSPS) is 20.3. The largest absolute Gasteiger partial charge is 0.343 e. The fourth-order valence-corrected chi connectivity index (χ4v) is 3.11. The van der Waals surface area contributed by atoms with Gasteiger partial charge in [-0.2, -0.15) is 0 Å². The standard InChI is InChI=1S/C18H20FN3O2/c1-20-16-9-13(19)11-22(16)17(23)10-21-18(24)15-8-4-6-12-5-2-3-7-14(12)15/h2-8,13,16,20H,9-11H2,1H3,(H,21,24)/t13?,16-/m0/s1. The first-order valence-electron chi connectivity index (χ1n) is 7.97. The number of likely N-dealkylation sites (tertiary alicyclic amines) is 1. The van der Waals surface area contributed by atoms with Crippen LogP contribution < -0.4 is 10.6 Å². The van der Waals surface area contributed by atoms with Crippen LogP contribution in [0.25, 0.3) is 10.8 Å². The first-order valence-corrected chi connectivity index (χ1v) is 7.97. The average molecular weight is 329 g/mol. The maximum atomic E-state index is 13.5. The number of halogens is 1. The molecule has 0 aliphatic carbocycles. The lowest BCUT2D eigenvalue weighted by Gasteiger charge is -2.23. The molecule has 3 rings (SSSR count). The smallest absolute Gasteiger partial charge is 0.252 e. The molecule has 1 aliphatic heterocycles. The number of benzene rings is 2. The van der Waals surface area contributed by atoms with E-state index in [4.69, 9.17) is 0 Å². The lowest BCUT2D eigenvalue weighted by Crippen LogP contribution is -2.47.